The molecule has 0 saturated carbocycles. The van der Waals surface area contributed by atoms with Crippen molar-refractivity contribution in [2.24, 2.45) is 5.10 Å². The SMILES string of the molecule is Cc1cc(C)c(OCC(=O)N/N=C/c2cc(C)ccc2O)c(Br)c1. The van der Waals surface area contributed by atoms with Crippen LogP contribution in [-0.4, -0.2) is 23.8 Å². The van der Waals surface area contributed by atoms with E-state index in [0.717, 1.165) is 21.2 Å². The first-order chi connectivity index (χ1) is 11.4. The number of aryl methyl sites for hydroxylation is 3. The molecule has 126 valence electrons. The number of carbonyl (C=O) groups excluding carboxylic acids is 1. The van der Waals surface area contributed by atoms with E-state index >= 15 is 0 Å². The number of ether oxygens (including phenoxy) is 1. The fourth-order valence-electron chi connectivity index (χ4n) is 2.21. The summed E-state index contributed by atoms with van der Waals surface area (Å²) in [5.74, 6) is 0.357. The molecule has 0 saturated heterocycles. The highest BCUT2D eigenvalue weighted by atomic mass is 79.9. The zero-order valence-corrected chi connectivity index (χ0v) is 15.3. The molecular formula is C18H19BrN2O3. The van der Waals surface area contributed by atoms with E-state index in [2.05, 4.69) is 26.5 Å². The van der Waals surface area contributed by atoms with E-state index in [-0.39, 0.29) is 18.3 Å². The summed E-state index contributed by atoms with van der Waals surface area (Å²) in [6.45, 7) is 5.66. The fourth-order valence-corrected chi connectivity index (χ4v) is 2.99. The zero-order valence-electron chi connectivity index (χ0n) is 13.8. The maximum Gasteiger partial charge on any atom is 0.277 e. The molecule has 0 aliphatic rings. The van der Waals surface area contributed by atoms with Crippen molar-refractivity contribution >= 4 is 28.1 Å². The molecule has 1 amide bonds. The van der Waals surface area contributed by atoms with Gasteiger partial charge in [0.25, 0.3) is 5.91 Å². The van der Waals surface area contributed by atoms with Gasteiger partial charge in [0.15, 0.2) is 6.61 Å². The first-order valence-electron chi connectivity index (χ1n) is 7.38. The van der Waals surface area contributed by atoms with E-state index in [1.165, 1.54) is 6.21 Å². The lowest BCUT2D eigenvalue weighted by Crippen LogP contribution is -2.24. The Morgan fingerprint density at radius 2 is 2.00 bits per heavy atom. The van der Waals surface area contributed by atoms with Gasteiger partial charge in [0.1, 0.15) is 11.5 Å². The molecule has 0 aliphatic heterocycles. The molecule has 0 aliphatic carbocycles. The van der Waals surface area contributed by atoms with Gasteiger partial charge in [-0.05, 0) is 66.0 Å². The lowest BCUT2D eigenvalue weighted by Gasteiger charge is -2.11. The first-order valence-corrected chi connectivity index (χ1v) is 8.17. The fraction of sp³-hybridized carbons (Fsp3) is 0.222. The Balaban J connectivity index is 1.92. The summed E-state index contributed by atoms with van der Waals surface area (Å²) in [6, 6.07) is 9.06. The zero-order chi connectivity index (χ0) is 17.7. The Morgan fingerprint density at radius 3 is 2.71 bits per heavy atom. The predicted molar refractivity (Wildman–Crippen MR) is 97.7 cm³/mol. The maximum absolute atomic E-state index is 11.8. The Kier molecular flexibility index (Phi) is 5.98. The monoisotopic (exact) mass is 390 g/mol. The van der Waals surface area contributed by atoms with Crippen molar-refractivity contribution in [3.63, 3.8) is 0 Å². The molecule has 24 heavy (non-hydrogen) atoms. The van der Waals surface area contributed by atoms with Crippen molar-refractivity contribution in [2.45, 2.75) is 20.8 Å². The molecule has 2 N–H and O–H groups in total. The maximum atomic E-state index is 11.8. The number of nitrogens with zero attached hydrogens (tertiary/aromatic N) is 1. The largest absolute Gasteiger partial charge is 0.507 e. The number of phenols is 1. The Hall–Kier alpha value is -2.34. The van der Waals surface area contributed by atoms with Crippen LogP contribution in [-0.2, 0) is 4.79 Å². The van der Waals surface area contributed by atoms with Crippen molar-refractivity contribution in [1.29, 1.82) is 0 Å². The molecule has 2 rings (SSSR count). The summed E-state index contributed by atoms with van der Waals surface area (Å²) in [5.41, 5.74) is 5.96. The van der Waals surface area contributed by atoms with Gasteiger partial charge in [-0.1, -0.05) is 17.7 Å². The van der Waals surface area contributed by atoms with Crippen molar-refractivity contribution in [2.75, 3.05) is 6.61 Å². The standard InChI is InChI=1S/C18H19BrN2O3/c1-11-4-5-16(22)14(7-11)9-20-21-17(23)10-24-18-13(3)6-12(2)8-15(18)19/h4-9,22H,10H2,1-3H3,(H,21,23)/b20-9+. The Morgan fingerprint density at radius 1 is 1.25 bits per heavy atom. The van der Waals surface area contributed by atoms with Gasteiger partial charge >= 0.3 is 0 Å². The topological polar surface area (TPSA) is 70.9 Å². The summed E-state index contributed by atoms with van der Waals surface area (Å²) >= 11 is 3.43. The molecule has 0 radical (unpaired) electrons. The Bertz CT molecular complexity index is 765. The molecule has 2 aromatic rings. The van der Waals surface area contributed by atoms with Crippen molar-refractivity contribution in [1.82, 2.24) is 5.43 Å². The highest BCUT2D eigenvalue weighted by Crippen LogP contribution is 2.30. The number of rotatable bonds is 5. The number of phenolic OH excluding ortho intramolecular Hbond substituents is 1. The Labute approximate surface area is 149 Å². The summed E-state index contributed by atoms with van der Waals surface area (Å²) in [4.78, 5) is 11.8. The molecule has 0 aromatic heterocycles. The summed E-state index contributed by atoms with van der Waals surface area (Å²) in [6.07, 6.45) is 1.40. The van der Waals surface area contributed by atoms with Crippen LogP contribution in [0.15, 0.2) is 39.9 Å². The molecule has 0 unspecified atom stereocenters. The molecule has 0 atom stereocenters. The minimum absolute atomic E-state index is 0.106. The van der Waals surface area contributed by atoms with Gasteiger partial charge in [-0.25, -0.2) is 5.43 Å². The van der Waals surface area contributed by atoms with E-state index in [9.17, 15) is 9.90 Å². The lowest BCUT2D eigenvalue weighted by molar-refractivity contribution is -0.123. The second-order valence-electron chi connectivity index (χ2n) is 5.54. The smallest absolute Gasteiger partial charge is 0.277 e. The predicted octanol–water partition coefficient (Wildman–Crippen LogP) is 3.61. The van der Waals surface area contributed by atoms with Crippen LogP contribution < -0.4 is 10.2 Å². The molecule has 5 nitrogen and oxygen atoms in total. The van der Waals surface area contributed by atoms with E-state index in [1.807, 2.05) is 32.9 Å². The van der Waals surface area contributed by atoms with Crippen LogP contribution in [0, 0.1) is 20.8 Å². The third kappa shape index (κ3) is 4.83. The van der Waals surface area contributed by atoms with Crippen LogP contribution >= 0.6 is 15.9 Å². The first kappa shape index (κ1) is 18.0. The van der Waals surface area contributed by atoms with Crippen molar-refractivity contribution in [3.8, 4) is 11.5 Å². The molecule has 0 heterocycles. The third-order valence-electron chi connectivity index (χ3n) is 3.30. The van der Waals surface area contributed by atoms with Crippen LogP contribution in [0.25, 0.3) is 0 Å². The second-order valence-corrected chi connectivity index (χ2v) is 6.39. The number of aromatic hydroxyl groups is 1. The van der Waals surface area contributed by atoms with Crippen LogP contribution in [0.5, 0.6) is 11.5 Å². The van der Waals surface area contributed by atoms with Gasteiger partial charge < -0.3 is 9.84 Å². The minimum Gasteiger partial charge on any atom is -0.507 e. The summed E-state index contributed by atoms with van der Waals surface area (Å²) < 4.78 is 6.35. The van der Waals surface area contributed by atoms with E-state index in [4.69, 9.17) is 4.74 Å². The van der Waals surface area contributed by atoms with Crippen LogP contribution in [0.1, 0.15) is 22.3 Å². The second kappa shape index (κ2) is 7.97. The number of hydrazone groups is 1. The van der Waals surface area contributed by atoms with E-state index in [0.29, 0.717) is 11.3 Å². The molecule has 0 bridgehead atoms. The summed E-state index contributed by atoms with van der Waals surface area (Å²) in [7, 11) is 0. The van der Waals surface area contributed by atoms with Gasteiger partial charge in [-0.3, -0.25) is 4.79 Å². The number of halogens is 1. The molecule has 2 aromatic carbocycles. The van der Waals surface area contributed by atoms with Crippen molar-refractivity contribution in [3.05, 3.63) is 57.1 Å². The number of nitrogens with one attached hydrogen (secondary N) is 1. The molecule has 0 spiro atoms. The number of hydrogen-bond donors (Lipinski definition) is 2. The number of amides is 1. The lowest BCUT2D eigenvalue weighted by atomic mass is 10.1. The highest BCUT2D eigenvalue weighted by Gasteiger charge is 2.09. The van der Waals surface area contributed by atoms with Gasteiger partial charge in [0.05, 0.1) is 10.7 Å². The molecule has 6 heteroatoms. The average Bonchev–Trinajstić information content (AvgIpc) is 2.49. The number of benzene rings is 2. The van der Waals surface area contributed by atoms with E-state index < -0.39 is 0 Å². The van der Waals surface area contributed by atoms with E-state index in [1.54, 1.807) is 18.2 Å². The quantitative estimate of drug-likeness (QED) is 0.604. The summed E-state index contributed by atoms with van der Waals surface area (Å²) in [5, 5.41) is 13.5. The highest BCUT2D eigenvalue weighted by molar-refractivity contribution is 9.10. The van der Waals surface area contributed by atoms with Crippen LogP contribution in [0.3, 0.4) is 0 Å². The van der Waals surface area contributed by atoms with Crippen LogP contribution in [0.4, 0.5) is 0 Å². The molecular weight excluding hydrogens is 372 g/mol. The van der Waals surface area contributed by atoms with Crippen molar-refractivity contribution < 1.29 is 14.6 Å². The number of carbonyl (C=O) groups is 1. The normalized spacial score (nSPS) is 10.8. The minimum atomic E-state index is -0.384. The van der Waals surface area contributed by atoms with Crippen LogP contribution in [0.2, 0.25) is 0 Å². The third-order valence-corrected chi connectivity index (χ3v) is 3.89. The number of hydrogen-bond acceptors (Lipinski definition) is 4. The average molecular weight is 391 g/mol. The molecule has 0 fully saturated rings. The van der Waals surface area contributed by atoms with Gasteiger partial charge in [0.2, 0.25) is 0 Å². The van der Waals surface area contributed by atoms with Gasteiger partial charge in [0, 0.05) is 5.56 Å². The van der Waals surface area contributed by atoms with Gasteiger partial charge in [-0.2, -0.15) is 5.10 Å². The van der Waals surface area contributed by atoms with Gasteiger partial charge in [-0.15, -0.1) is 0 Å².